The van der Waals surface area contributed by atoms with E-state index in [-0.39, 0.29) is 0 Å². The monoisotopic (exact) mass is 474 g/mol. The Balaban J connectivity index is 0.000000375. The van der Waals surface area contributed by atoms with E-state index >= 15 is 0 Å². The number of nitrogens with zero attached hydrogens (tertiary/aromatic N) is 4. The molecule has 6 N–H and O–H groups in total. The van der Waals surface area contributed by atoms with Crippen molar-refractivity contribution in [3.05, 3.63) is 17.3 Å². The van der Waals surface area contributed by atoms with E-state index in [0.29, 0.717) is 46.0 Å². The standard InChI is InChI=1S/C12H21N5O2S.C5H6ClN3S/c1-12(2,3)19-11(18)15-6-5-14-9-7-8(13)16-10(17-9)20-4;1-10-5-8-3(6)2-4(7)9-5/h7H,5-6H2,1-4H3,(H,15,18)(H3,13,14,16,17);2H,1H3,(H2,7,8,9). The Labute approximate surface area is 189 Å². The number of hydrogen-bond acceptors (Lipinski definition) is 11. The largest absolute Gasteiger partial charge is 0.444 e. The molecule has 0 spiro atoms. The maximum absolute atomic E-state index is 11.4. The van der Waals surface area contributed by atoms with Gasteiger partial charge in [-0.25, -0.2) is 24.7 Å². The van der Waals surface area contributed by atoms with Crippen LogP contribution in [0.5, 0.6) is 0 Å². The Morgan fingerprint density at radius 3 is 2.13 bits per heavy atom. The molecular formula is C17H27ClN8O2S2. The fourth-order valence-electron chi connectivity index (χ4n) is 1.80. The van der Waals surface area contributed by atoms with Gasteiger partial charge in [0.2, 0.25) is 0 Å². The van der Waals surface area contributed by atoms with Crippen LogP contribution in [0.2, 0.25) is 5.15 Å². The number of nitrogens with two attached hydrogens (primary N) is 2. The van der Waals surface area contributed by atoms with E-state index in [1.807, 2.05) is 33.3 Å². The normalized spacial score (nSPS) is 10.6. The van der Waals surface area contributed by atoms with Gasteiger partial charge in [0, 0.05) is 25.2 Å². The second-order valence-corrected chi connectivity index (χ2v) is 8.56. The highest BCUT2D eigenvalue weighted by Crippen LogP contribution is 2.15. The molecule has 10 nitrogen and oxygen atoms in total. The van der Waals surface area contributed by atoms with E-state index in [2.05, 4.69) is 30.6 Å². The molecule has 0 aliphatic rings. The fourth-order valence-corrected chi connectivity index (χ4v) is 2.81. The number of ether oxygens (including phenoxy) is 1. The lowest BCUT2D eigenvalue weighted by Gasteiger charge is -2.19. The third kappa shape index (κ3) is 11.1. The van der Waals surface area contributed by atoms with E-state index < -0.39 is 11.7 Å². The summed E-state index contributed by atoms with van der Waals surface area (Å²) in [4.78, 5) is 27.5. The number of hydrogen-bond donors (Lipinski definition) is 4. The van der Waals surface area contributed by atoms with Crippen molar-refractivity contribution in [1.82, 2.24) is 25.3 Å². The molecule has 0 aliphatic carbocycles. The van der Waals surface area contributed by atoms with Crippen LogP contribution in [0.15, 0.2) is 22.4 Å². The lowest BCUT2D eigenvalue weighted by atomic mass is 10.2. The molecule has 2 rings (SSSR count). The van der Waals surface area contributed by atoms with E-state index in [4.69, 9.17) is 27.8 Å². The summed E-state index contributed by atoms with van der Waals surface area (Å²) >= 11 is 8.41. The molecule has 30 heavy (non-hydrogen) atoms. The van der Waals surface area contributed by atoms with Gasteiger partial charge in [-0.1, -0.05) is 35.1 Å². The lowest BCUT2D eigenvalue weighted by molar-refractivity contribution is 0.0530. The van der Waals surface area contributed by atoms with Crippen LogP contribution in [0.25, 0.3) is 0 Å². The van der Waals surface area contributed by atoms with Gasteiger partial charge in [-0.05, 0) is 33.3 Å². The number of carbonyl (C=O) groups is 1. The van der Waals surface area contributed by atoms with E-state index in [9.17, 15) is 4.79 Å². The summed E-state index contributed by atoms with van der Waals surface area (Å²) in [5, 5.41) is 7.30. The molecule has 0 saturated carbocycles. The van der Waals surface area contributed by atoms with Crippen molar-refractivity contribution in [3.63, 3.8) is 0 Å². The van der Waals surface area contributed by atoms with Gasteiger partial charge in [0.25, 0.3) is 0 Å². The summed E-state index contributed by atoms with van der Waals surface area (Å²) in [7, 11) is 0. The maximum Gasteiger partial charge on any atom is 0.407 e. The first-order chi connectivity index (χ1) is 14.0. The molecule has 13 heteroatoms. The summed E-state index contributed by atoms with van der Waals surface area (Å²) in [6.07, 6.45) is 3.31. The van der Waals surface area contributed by atoms with Gasteiger partial charge in [-0.3, -0.25) is 0 Å². The summed E-state index contributed by atoms with van der Waals surface area (Å²) in [5.41, 5.74) is 10.6. The molecule has 0 aromatic carbocycles. The zero-order valence-corrected chi connectivity index (χ0v) is 19.9. The lowest BCUT2D eigenvalue weighted by Crippen LogP contribution is -2.35. The van der Waals surface area contributed by atoms with Crippen molar-refractivity contribution in [1.29, 1.82) is 0 Å². The van der Waals surface area contributed by atoms with Gasteiger partial charge in [0.05, 0.1) is 0 Å². The van der Waals surface area contributed by atoms with Crippen LogP contribution >= 0.6 is 35.1 Å². The number of nitrogen functional groups attached to an aromatic ring is 2. The molecule has 0 fully saturated rings. The molecular weight excluding hydrogens is 448 g/mol. The van der Waals surface area contributed by atoms with E-state index in [1.54, 1.807) is 6.07 Å². The highest BCUT2D eigenvalue weighted by atomic mass is 35.5. The zero-order valence-electron chi connectivity index (χ0n) is 17.5. The molecule has 2 aromatic rings. The third-order valence-electron chi connectivity index (χ3n) is 2.88. The number of amides is 1. The first kappa shape index (κ1) is 25.9. The predicted molar refractivity (Wildman–Crippen MR) is 124 cm³/mol. The Bertz CT molecular complexity index is 816. The van der Waals surface area contributed by atoms with Crippen LogP contribution in [-0.4, -0.2) is 57.2 Å². The summed E-state index contributed by atoms with van der Waals surface area (Å²) in [6, 6.07) is 3.16. The quantitative estimate of drug-likeness (QED) is 0.211. The molecule has 0 unspecified atom stereocenters. The molecule has 0 aliphatic heterocycles. The second kappa shape index (κ2) is 12.5. The van der Waals surface area contributed by atoms with Crippen LogP contribution < -0.4 is 22.1 Å². The van der Waals surface area contributed by atoms with Gasteiger partial charge in [0.15, 0.2) is 10.3 Å². The number of anilines is 3. The van der Waals surface area contributed by atoms with Crippen LogP contribution in [0.4, 0.5) is 22.2 Å². The van der Waals surface area contributed by atoms with Crippen LogP contribution in [0.3, 0.4) is 0 Å². The number of alkyl carbamates (subject to hydrolysis) is 1. The molecule has 0 atom stereocenters. The van der Waals surface area contributed by atoms with Gasteiger partial charge >= 0.3 is 6.09 Å². The minimum Gasteiger partial charge on any atom is -0.444 e. The Hall–Kier alpha value is -2.18. The third-order valence-corrected chi connectivity index (χ3v) is 4.17. The van der Waals surface area contributed by atoms with Gasteiger partial charge < -0.3 is 26.8 Å². The van der Waals surface area contributed by atoms with Crippen molar-refractivity contribution in [2.45, 2.75) is 36.7 Å². The van der Waals surface area contributed by atoms with Gasteiger partial charge in [-0.15, -0.1) is 0 Å². The zero-order chi connectivity index (χ0) is 22.7. The molecule has 2 aromatic heterocycles. The minimum absolute atomic E-state index is 0.386. The minimum atomic E-state index is -0.494. The average molecular weight is 475 g/mol. The number of rotatable bonds is 6. The average Bonchev–Trinajstić information content (AvgIpc) is 2.63. The smallest absolute Gasteiger partial charge is 0.407 e. The number of nitrogens with one attached hydrogen (secondary N) is 2. The topological polar surface area (TPSA) is 154 Å². The SMILES string of the molecule is CSc1nc(N)cc(Cl)n1.CSc1nc(N)cc(NCCNC(=O)OC(C)(C)C)n1. The van der Waals surface area contributed by atoms with Crippen molar-refractivity contribution in [2.24, 2.45) is 0 Å². The molecule has 0 saturated heterocycles. The van der Waals surface area contributed by atoms with E-state index in [1.165, 1.54) is 29.6 Å². The van der Waals surface area contributed by atoms with Crippen molar-refractivity contribution in [3.8, 4) is 0 Å². The number of halogens is 1. The highest BCUT2D eigenvalue weighted by Gasteiger charge is 2.15. The molecule has 2 heterocycles. The first-order valence-corrected chi connectivity index (χ1v) is 11.6. The highest BCUT2D eigenvalue weighted by molar-refractivity contribution is 7.98. The van der Waals surface area contributed by atoms with Gasteiger partial charge in [0.1, 0.15) is 28.2 Å². The number of carbonyl (C=O) groups excluding carboxylic acids is 1. The first-order valence-electron chi connectivity index (χ1n) is 8.75. The maximum atomic E-state index is 11.4. The van der Waals surface area contributed by atoms with Crippen molar-refractivity contribution >= 4 is 58.7 Å². The van der Waals surface area contributed by atoms with Crippen LogP contribution in [-0.2, 0) is 4.74 Å². The molecule has 0 radical (unpaired) electrons. The summed E-state index contributed by atoms with van der Waals surface area (Å²) in [5.74, 6) is 1.45. The Morgan fingerprint density at radius 2 is 1.60 bits per heavy atom. The molecule has 0 bridgehead atoms. The summed E-state index contributed by atoms with van der Waals surface area (Å²) in [6.45, 7) is 6.40. The van der Waals surface area contributed by atoms with Crippen molar-refractivity contribution in [2.75, 3.05) is 42.4 Å². The Kier molecular flexibility index (Phi) is 10.8. The van der Waals surface area contributed by atoms with E-state index in [0.717, 1.165) is 0 Å². The van der Waals surface area contributed by atoms with Gasteiger partial charge in [-0.2, -0.15) is 0 Å². The van der Waals surface area contributed by atoms with Crippen LogP contribution in [0, 0.1) is 0 Å². The molecule has 1 amide bonds. The fraction of sp³-hybridized carbons (Fsp3) is 0.471. The Morgan fingerprint density at radius 1 is 1.03 bits per heavy atom. The molecule has 166 valence electrons. The van der Waals surface area contributed by atoms with Crippen molar-refractivity contribution < 1.29 is 9.53 Å². The van der Waals surface area contributed by atoms with Crippen LogP contribution in [0.1, 0.15) is 20.8 Å². The number of thioether (sulfide) groups is 2. The number of aromatic nitrogens is 4. The second-order valence-electron chi connectivity index (χ2n) is 6.62. The summed E-state index contributed by atoms with van der Waals surface area (Å²) < 4.78 is 5.12. The predicted octanol–water partition coefficient (Wildman–Crippen LogP) is 3.15.